The van der Waals surface area contributed by atoms with E-state index in [2.05, 4.69) is 149 Å². The van der Waals surface area contributed by atoms with Crippen LogP contribution in [0, 0.1) is 0 Å². The molecular formula is C36H24N2. The fraction of sp³-hybridized carbons (Fsp3) is 0. The number of nitrogens with one attached hydrogen (secondary N) is 1. The Morgan fingerprint density at radius 2 is 1.03 bits per heavy atom. The van der Waals surface area contributed by atoms with E-state index in [1.165, 1.54) is 60.5 Å². The van der Waals surface area contributed by atoms with E-state index in [0.29, 0.717) is 0 Å². The van der Waals surface area contributed by atoms with Crippen molar-refractivity contribution in [3.63, 3.8) is 0 Å². The Morgan fingerprint density at radius 1 is 0.368 bits per heavy atom. The fourth-order valence-electron chi connectivity index (χ4n) is 5.90. The van der Waals surface area contributed by atoms with Gasteiger partial charge < -0.3 is 9.55 Å². The molecule has 0 fully saturated rings. The van der Waals surface area contributed by atoms with E-state index < -0.39 is 0 Å². The van der Waals surface area contributed by atoms with Crippen LogP contribution in [0.2, 0.25) is 0 Å². The van der Waals surface area contributed by atoms with Crippen LogP contribution in [0.25, 0.3) is 71.6 Å². The van der Waals surface area contributed by atoms with E-state index in [4.69, 9.17) is 0 Å². The average Bonchev–Trinajstić information content (AvgIpc) is 3.52. The SMILES string of the molecule is c1ccc(-c2ccc3c(c2)[nH]c2ccc(-n4c5ccccc5c5cc(-c6ccccc6)ccc54)cc23)cc1. The molecule has 0 saturated heterocycles. The molecule has 1 N–H and O–H groups in total. The number of aromatic amines is 1. The quantitative estimate of drug-likeness (QED) is 0.258. The van der Waals surface area contributed by atoms with Crippen LogP contribution in [0.5, 0.6) is 0 Å². The lowest BCUT2D eigenvalue weighted by molar-refractivity contribution is 1.19. The highest BCUT2D eigenvalue weighted by Gasteiger charge is 2.15. The van der Waals surface area contributed by atoms with Crippen molar-refractivity contribution in [2.45, 2.75) is 0 Å². The van der Waals surface area contributed by atoms with Gasteiger partial charge in [0.15, 0.2) is 0 Å². The first-order valence-corrected chi connectivity index (χ1v) is 13.0. The maximum atomic E-state index is 3.65. The van der Waals surface area contributed by atoms with Crippen LogP contribution in [-0.2, 0) is 0 Å². The molecule has 0 radical (unpaired) electrons. The van der Waals surface area contributed by atoms with E-state index in [1.54, 1.807) is 0 Å². The lowest BCUT2D eigenvalue weighted by atomic mass is 10.0. The van der Waals surface area contributed by atoms with Crippen molar-refractivity contribution in [2.24, 2.45) is 0 Å². The number of aromatic nitrogens is 2. The smallest absolute Gasteiger partial charge is 0.0541 e. The predicted octanol–water partition coefficient (Wildman–Crippen LogP) is 9.75. The van der Waals surface area contributed by atoms with E-state index in [1.807, 2.05) is 0 Å². The molecule has 0 aliphatic carbocycles. The van der Waals surface area contributed by atoms with Crippen LogP contribution >= 0.6 is 0 Å². The van der Waals surface area contributed by atoms with Crippen molar-refractivity contribution < 1.29 is 0 Å². The van der Waals surface area contributed by atoms with E-state index in [-0.39, 0.29) is 0 Å². The Morgan fingerprint density at radius 3 is 1.82 bits per heavy atom. The number of nitrogens with zero attached hydrogens (tertiary/aromatic N) is 1. The van der Waals surface area contributed by atoms with E-state index in [0.717, 1.165) is 11.0 Å². The van der Waals surface area contributed by atoms with Gasteiger partial charge in [-0.2, -0.15) is 0 Å². The second kappa shape index (κ2) is 8.22. The fourth-order valence-corrected chi connectivity index (χ4v) is 5.90. The molecule has 0 saturated carbocycles. The number of hydrogen-bond acceptors (Lipinski definition) is 0. The minimum absolute atomic E-state index is 1.15. The van der Waals surface area contributed by atoms with Crippen molar-refractivity contribution in [2.75, 3.05) is 0 Å². The Labute approximate surface area is 220 Å². The van der Waals surface area contributed by atoms with Crippen molar-refractivity contribution in [1.82, 2.24) is 9.55 Å². The molecule has 6 aromatic carbocycles. The maximum absolute atomic E-state index is 3.65. The first-order valence-electron chi connectivity index (χ1n) is 13.0. The molecule has 0 spiro atoms. The first kappa shape index (κ1) is 21.0. The van der Waals surface area contributed by atoms with Crippen LogP contribution < -0.4 is 0 Å². The monoisotopic (exact) mass is 484 g/mol. The van der Waals surface area contributed by atoms with Crippen LogP contribution in [0.3, 0.4) is 0 Å². The van der Waals surface area contributed by atoms with Gasteiger partial charge in [-0.1, -0.05) is 97.1 Å². The molecule has 0 bridgehead atoms. The van der Waals surface area contributed by atoms with Gasteiger partial charge in [-0.25, -0.2) is 0 Å². The maximum Gasteiger partial charge on any atom is 0.0541 e. The Hall–Kier alpha value is -5.08. The summed E-state index contributed by atoms with van der Waals surface area (Å²) < 4.78 is 2.40. The summed E-state index contributed by atoms with van der Waals surface area (Å²) in [5.41, 5.74) is 10.9. The lowest BCUT2D eigenvalue weighted by Crippen LogP contribution is -1.93. The molecule has 8 aromatic rings. The third-order valence-electron chi connectivity index (χ3n) is 7.73. The first-order chi connectivity index (χ1) is 18.8. The third kappa shape index (κ3) is 3.21. The third-order valence-corrected chi connectivity index (χ3v) is 7.73. The zero-order valence-electron chi connectivity index (χ0n) is 20.7. The Kier molecular flexibility index (Phi) is 4.55. The molecule has 178 valence electrons. The van der Waals surface area contributed by atoms with Crippen LogP contribution in [0.4, 0.5) is 0 Å². The Bertz CT molecular complexity index is 2110. The van der Waals surface area contributed by atoms with Gasteiger partial charge in [0.25, 0.3) is 0 Å². The highest BCUT2D eigenvalue weighted by atomic mass is 15.0. The zero-order valence-corrected chi connectivity index (χ0v) is 20.7. The molecule has 2 heterocycles. The predicted molar refractivity (Wildman–Crippen MR) is 161 cm³/mol. The standard InChI is InChI=1S/C36H24N2/c1-3-9-24(10-4-1)26-16-20-36-32(21-26)30-13-7-8-14-35(30)38(36)28-17-19-33-31(23-28)29-18-15-27(22-34(29)37-33)25-11-5-2-6-12-25/h1-23,37H. The van der Waals surface area contributed by atoms with Crippen molar-refractivity contribution in [3.8, 4) is 27.9 Å². The molecule has 0 unspecified atom stereocenters. The minimum atomic E-state index is 1.15. The normalized spacial score (nSPS) is 11.7. The van der Waals surface area contributed by atoms with Gasteiger partial charge in [0.1, 0.15) is 0 Å². The van der Waals surface area contributed by atoms with Gasteiger partial charge in [-0.05, 0) is 64.7 Å². The Balaban J connectivity index is 1.33. The molecule has 2 heteroatoms. The molecule has 2 aromatic heterocycles. The minimum Gasteiger partial charge on any atom is -0.354 e. The molecule has 0 aliphatic heterocycles. The number of para-hydroxylation sites is 1. The summed E-state index contributed by atoms with van der Waals surface area (Å²) >= 11 is 0. The summed E-state index contributed by atoms with van der Waals surface area (Å²) in [7, 11) is 0. The van der Waals surface area contributed by atoms with Gasteiger partial charge in [0.2, 0.25) is 0 Å². The molecular weight excluding hydrogens is 460 g/mol. The topological polar surface area (TPSA) is 20.7 Å². The van der Waals surface area contributed by atoms with Gasteiger partial charge in [-0.15, -0.1) is 0 Å². The molecule has 2 nitrogen and oxygen atoms in total. The molecule has 8 rings (SSSR count). The number of rotatable bonds is 3. The summed E-state index contributed by atoms with van der Waals surface area (Å²) in [6.07, 6.45) is 0. The second-order valence-electron chi connectivity index (χ2n) is 9.93. The highest BCUT2D eigenvalue weighted by Crippen LogP contribution is 2.37. The lowest BCUT2D eigenvalue weighted by Gasteiger charge is -2.09. The van der Waals surface area contributed by atoms with Crippen molar-refractivity contribution in [3.05, 3.63) is 140 Å². The number of fused-ring (bicyclic) bond motifs is 6. The molecule has 0 atom stereocenters. The van der Waals surface area contributed by atoms with E-state index in [9.17, 15) is 0 Å². The van der Waals surface area contributed by atoms with Crippen LogP contribution in [0.1, 0.15) is 0 Å². The van der Waals surface area contributed by atoms with E-state index >= 15 is 0 Å². The summed E-state index contributed by atoms with van der Waals surface area (Å²) in [6, 6.07) is 50.2. The summed E-state index contributed by atoms with van der Waals surface area (Å²) in [6.45, 7) is 0. The van der Waals surface area contributed by atoms with Gasteiger partial charge in [-0.3, -0.25) is 0 Å². The highest BCUT2D eigenvalue weighted by molar-refractivity contribution is 6.12. The zero-order chi connectivity index (χ0) is 25.1. The molecule has 0 aliphatic rings. The van der Waals surface area contributed by atoms with Gasteiger partial charge >= 0.3 is 0 Å². The molecule has 0 amide bonds. The van der Waals surface area contributed by atoms with Crippen molar-refractivity contribution >= 4 is 43.6 Å². The van der Waals surface area contributed by atoms with Gasteiger partial charge in [0, 0.05) is 38.3 Å². The van der Waals surface area contributed by atoms with Gasteiger partial charge in [0.05, 0.1) is 11.0 Å². The summed E-state index contributed by atoms with van der Waals surface area (Å²) in [4.78, 5) is 3.65. The number of benzene rings is 6. The summed E-state index contributed by atoms with van der Waals surface area (Å²) in [5, 5.41) is 5.03. The molecule has 38 heavy (non-hydrogen) atoms. The largest absolute Gasteiger partial charge is 0.354 e. The van der Waals surface area contributed by atoms with Crippen LogP contribution in [0.15, 0.2) is 140 Å². The summed E-state index contributed by atoms with van der Waals surface area (Å²) in [5.74, 6) is 0. The number of H-pyrrole nitrogens is 1. The van der Waals surface area contributed by atoms with Crippen LogP contribution in [-0.4, -0.2) is 9.55 Å². The number of hydrogen-bond donors (Lipinski definition) is 1. The average molecular weight is 485 g/mol. The second-order valence-corrected chi connectivity index (χ2v) is 9.93. The van der Waals surface area contributed by atoms with Crippen molar-refractivity contribution in [1.29, 1.82) is 0 Å².